The van der Waals surface area contributed by atoms with E-state index >= 15 is 0 Å². The minimum atomic E-state index is 0. The number of halogens is 1. The molecule has 19 heavy (non-hydrogen) atoms. The summed E-state index contributed by atoms with van der Waals surface area (Å²) in [5, 5.41) is 0. The lowest BCUT2D eigenvalue weighted by atomic mass is 10.1. The Bertz CT molecular complexity index is 549. The van der Waals surface area contributed by atoms with Gasteiger partial charge in [-0.2, -0.15) is 0 Å². The molecule has 0 fully saturated rings. The Morgan fingerprint density at radius 2 is 1.79 bits per heavy atom. The summed E-state index contributed by atoms with van der Waals surface area (Å²) in [6.07, 6.45) is 1.51. The van der Waals surface area contributed by atoms with Crippen molar-refractivity contribution in [3.8, 4) is 22.8 Å². The highest BCUT2D eigenvalue weighted by Gasteiger charge is 2.07. The molecule has 0 radical (unpaired) electrons. The topological polar surface area (TPSA) is 70.3 Å². The molecule has 0 aliphatic rings. The molecule has 6 heteroatoms. The number of hydrogen-bond acceptors (Lipinski definition) is 5. The molecule has 1 heterocycles. The third kappa shape index (κ3) is 3.33. The third-order valence-corrected chi connectivity index (χ3v) is 2.61. The molecule has 1 aromatic heterocycles. The molecule has 0 spiro atoms. The average molecular weight is 282 g/mol. The molecule has 2 aromatic rings. The fraction of sp³-hybridized carbons (Fsp3) is 0.231. The van der Waals surface area contributed by atoms with Gasteiger partial charge in [-0.25, -0.2) is 9.97 Å². The van der Waals surface area contributed by atoms with Crippen LogP contribution >= 0.6 is 12.4 Å². The summed E-state index contributed by atoms with van der Waals surface area (Å²) in [6.45, 7) is 0.392. The van der Waals surface area contributed by atoms with Crippen LogP contribution in [0.2, 0.25) is 0 Å². The van der Waals surface area contributed by atoms with E-state index in [9.17, 15) is 0 Å². The van der Waals surface area contributed by atoms with Gasteiger partial charge in [0.25, 0.3) is 0 Å². The van der Waals surface area contributed by atoms with E-state index in [1.807, 2.05) is 24.3 Å². The number of hydrogen-bond donors (Lipinski definition) is 1. The molecule has 0 amide bonds. The van der Waals surface area contributed by atoms with E-state index in [1.54, 1.807) is 14.2 Å². The second kappa shape index (κ2) is 6.92. The second-order valence-corrected chi connectivity index (χ2v) is 3.67. The lowest BCUT2D eigenvalue weighted by Crippen LogP contribution is -2.00. The van der Waals surface area contributed by atoms with Crippen LogP contribution in [0.25, 0.3) is 11.3 Å². The maximum atomic E-state index is 5.56. The standard InChI is InChI=1S/C13H15N3O2.ClH/c1-17-12-4-3-9(5-13(12)18-2)11-6-10(7-14)15-8-16-11;/h3-6,8H,7,14H2,1-2H3;1H. The van der Waals surface area contributed by atoms with Gasteiger partial charge in [-0.1, -0.05) is 0 Å². The SMILES string of the molecule is COc1ccc(-c2cc(CN)ncn2)cc1OC.Cl. The molecule has 2 rings (SSSR count). The molecule has 0 saturated heterocycles. The van der Waals surface area contributed by atoms with Crippen LogP contribution in [0.3, 0.4) is 0 Å². The van der Waals surface area contributed by atoms with E-state index in [0.29, 0.717) is 18.0 Å². The van der Waals surface area contributed by atoms with Crippen LogP contribution in [-0.4, -0.2) is 24.2 Å². The fourth-order valence-corrected chi connectivity index (χ4v) is 1.66. The first-order valence-electron chi connectivity index (χ1n) is 5.52. The number of nitrogens with zero attached hydrogens (tertiary/aromatic N) is 2. The van der Waals surface area contributed by atoms with Crippen molar-refractivity contribution in [2.45, 2.75) is 6.54 Å². The molecule has 0 aliphatic carbocycles. The summed E-state index contributed by atoms with van der Waals surface area (Å²) in [6, 6.07) is 7.51. The Kier molecular flexibility index (Phi) is 5.54. The Balaban J connectivity index is 0.00000180. The Morgan fingerprint density at radius 1 is 1.05 bits per heavy atom. The van der Waals surface area contributed by atoms with E-state index in [-0.39, 0.29) is 12.4 Å². The highest BCUT2D eigenvalue weighted by atomic mass is 35.5. The van der Waals surface area contributed by atoms with Gasteiger partial charge in [-0.05, 0) is 24.3 Å². The van der Waals surface area contributed by atoms with Gasteiger partial charge in [0.15, 0.2) is 11.5 Å². The van der Waals surface area contributed by atoms with E-state index < -0.39 is 0 Å². The Hall–Kier alpha value is -1.85. The average Bonchev–Trinajstić information content (AvgIpc) is 2.46. The van der Waals surface area contributed by atoms with Crippen LogP contribution in [0.5, 0.6) is 11.5 Å². The van der Waals surface area contributed by atoms with E-state index in [4.69, 9.17) is 15.2 Å². The van der Waals surface area contributed by atoms with Gasteiger partial charge in [-0.3, -0.25) is 0 Å². The summed E-state index contributed by atoms with van der Waals surface area (Å²) < 4.78 is 10.5. The Morgan fingerprint density at radius 3 is 2.42 bits per heavy atom. The number of aromatic nitrogens is 2. The van der Waals surface area contributed by atoms with Crippen LogP contribution in [0.15, 0.2) is 30.6 Å². The molecule has 1 aromatic carbocycles. The molecule has 0 aliphatic heterocycles. The molecular formula is C13H16ClN3O2. The van der Waals surface area contributed by atoms with E-state index in [2.05, 4.69) is 9.97 Å². The second-order valence-electron chi connectivity index (χ2n) is 3.67. The number of benzene rings is 1. The third-order valence-electron chi connectivity index (χ3n) is 2.61. The molecule has 5 nitrogen and oxygen atoms in total. The van der Waals surface area contributed by atoms with Gasteiger partial charge in [0, 0.05) is 12.1 Å². The maximum Gasteiger partial charge on any atom is 0.161 e. The summed E-state index contributed by atoms with van der Waals surface area (Å²) in [5.41, 5.74) is 8.11. The van der Waals surface area contributed by atoms with Crippen LogP contribution in [0.4, 0.5) is 0 Å². The molecule has 0 bridgehead atoms. The van der Waals surface area contributed by atoms with E-state index in [0.717, 1.165) is 17.0 Å². The number of nitrogens with two attached hydrogens (primary N) is 1. The van der Waals surface area contributed by atoms with Crippen LogP contribution < -0.4 is 15.2 Å². The van der Waals surface area contributed by atoms with Gasteiger partial charge in [0.2, 0.25) is 0 Å². The number of ether oxygens (including phenoxy) is 2. The molecule has 102 valence electrons. The van der Waals surface area contributed by atoms with Crippen LogP contribution in [0.1, 0.15) is 5.69 Å². The summed E-state index contributed by atoms with van der Waals surface area (Å²) >= 11 is 0. The Labute approximate surface area is 118 Å². The van der Waals surface area contributed by atoms with Crippen molar-refractivity contribution < 1.29 is 9.47 Å². The lowest BCUT2D eigenvalue weighted by Gasteiger charge is -2.09. The molecule has 0 unspecified atom stereocenters. The van der Waals surface area contributed by atoms with Crippen molar-refractivity contribution in [2.24, 2.45) is 5.73 Å². The van der Waals surface area contributed by atoms with Crippen LogP contribution in [-0.2, 0) is 6.54 Å². The largest absolute Gasteiger partial charge is 0.493 e. The quantitative estimate of drug-likeness (QED) is 0.929. The predicted octanol–water partition coefficient (Wildman–Crippen LogP) is 2.04. The zero-order valence-corrected chi connectivity index (χ0v) is 11.6. The summed E-state index contributed by atoms with van der Waals surface area (Å²) in [7, 11) is 3.21. The lowest BCUT2D eigenvalue weighted by molar-refractivity contribution is 0.355. The van der Waals surface area contributed by atoms with Crippen LogP contribution in [0, 0.1) is 0 Å². The normalized spacial score (nSPS) is 9.63. The zero-order valence-electron chi connectivity index (χ0n) is 10.8. The van der Waals surface area contributed by atoms with Crippen molar-refractivity contribution in [3.63, 3.8) is 0 Å². The highest BCUT2D eigenvalue weighted by molar-refractivity contribution is 5.85. The monoisotopic (exact) mass is 281 g/mol. The number of rotatable bonds is 4. The molecule has 0 saturated carbocycles. The maximum absolute atomic E-state index is 5.56. The van der Waals surface area contributed by atoms with Crippen molar-refractivity contribution in [2.75, 3.05) is 14.2 Å². The molecule has 2 N–H and O–H groups in total. The molecular weight excluding hydrogens is 266 g/mol. The first-order chi connectivity index (χ1) is 8.78. The van der Waals surface area contributed by atoms with Gasteiger partial charge in [0.1, 0.15) is 6.33 Å². The first kappa shape index (κ1) is 15.2. The van der Waals surface area contributed by atoms with Crippen molar-refractivity contribution in [3.05, 3.63) is 36.3 Å². The smallest absolute Gasteiger partial charge is 0.161 e. The first-order valence-corrected chi connectivity index (χ1v) is 5.52. The highest BCUT2D eigenvalue weighted by Crippen LogP contribution is 2.31. The van der Waals surface area contributed by atoms with Crippen molar-refractivity contribution in [1.82, 2.24) is 9.97 Å². The van der Waals surface area contributed by atoms with Gasteiger partial charge >= 0.3 is 0 Å². The van der Waals surface area contributed by atoms with E-state index in [1.165, 1.54) is 6.33 Å². The predicted molar refractivity (Wildman–Crippen MR) is 75.7 cm³/mol. The minimum Gasteiger partial charge on any atom is -0.493 e. The summed E-state index contributed by atoms with van der Waals surface area (Å²) in [5.74, 6) is 1.36. The van der Waals surface area contributed by atoms with Gasteiger partial charge in [0.05, 0.1) is 25.6 Å². The minimum absolute atomic E-state index is 0. The zero-order chi connectivity index (χ0) is 13.0. The van der Waals surface area contributed by atoms with Crippen molar-refractivity contribution in [1.29, 1.82) is 0 Å². The van der Waals surface area contributed by atoms with Gasteiger partial charge in [-0.15, -0.1) is 12.4 Å². The van der Waals surface area contributed by atoms with Crippen molar-refractivity contribution >= 4 is 12.4 Å². The molecule has 0 atom stereocenters. The summed E-state index contributed by atoms with van der Waals surface area (Å²) in [4.78, 5) is 8.29. The van der Waals surface area contributed by atoms with Gasteiger partial charge < -0.3 is 15.2 Å². The number of methoxy groups -OCH3 is 2. The fourth-order valence-electron chi connectivity index (χ4n) is 1.66.